The largest absolute Gasteiger partial charge is 0.272 e. The lowest BCUT2D eigenvalue weighted by Crippen LogP contribution is -2.12. The van der Waals surface area contributed by atoms with Crippen LogP contribution in [0.5, 0.6) is 0 Å². The lowest BCUT2D eigenvalue weighted by Gasteiger charge is -2.04. The number of sulfonamides is 1. The van der Waals surface area contributed by atoms with Crippen molar-refractivity contribution in [3.05, 3.63) is 39.8 Å². The molecular weight excluding hydrogens is 324 g/mol. The second-order valence-electron chi connectivity index (χ2n) is 3.33. The first-order valence-electron chi connectivity index (χ1n) is 4.68. The Kier molecular flexibility index (Phi) is 3.50. The van der Waals surface area contributed by atoms with Crippen molar-refractivity contribution in [2.24, 2.45) is 0 Å². The van der Waals surface area contributed by atoms with E-state index in [-0.39, 0.29) is 0 Å². The molecule has 0 amide bonds. The number of hydrogen-bond acceptors (Lipinski definition) is 4. The first kappa shape index (κ1) is 12.5. The lowest BCUT2D eigenvalue weighted by molar-refractivity contribution is 0.603. The third-order valence-electron chi connectivity index (χ3n) is 1.95. The molecule has 0 radical (unpaired) electrons. The molecule has 17 heavy (non-hydrogen) atoms. The SMILES string of the molecule is Cc1ccc(S(=O)(=O)Nc2ccc(Br)cn2)s1. The van der Waals surface area contributed by atoms with Crippen LogP contribution in [-0.4, -0.2) is 13.4 Å². The van der Waals surface area contributed by atoms with E-state index in [2.05, 4.69) is 25.6 Å². The molecule has 0 aromatic carbocycles. The molecule has 0 saturated carbocycles. The van der Waals surface area contributed by atoms with Gasteiger partial charge in [-0.05, 0) is 47.1 Å². The molecule has 2 aromatic heterocycles. The van der Waals surface area contributed by atoms with Gasteiger partial charge in [0, 0.05) is 15.5 Å². The maximum absolute atomic E-state index is 11.9. The Bertz CT molecular complexity index is 620. The lowest BCUT2D eigenvalue weighted by atomic mass is 10.5. The van der Waals surface area contributed by atoms with Crippen LogP contribution in [0.4, 0.5) is 5.82 Å². The molecule has 0 bridgehead atoms. The average Bonchev–Trinajstić information content (AvgIpc) is 2.69. The van der Waals surface area contributed by atoms with E-state index in [0.717, 1.165) is 9.35 Å². The number of nitrogens with zero attached hydrogens (tertiary/aromatic N) is 1. The van der Waals surface area contributed by atoms with Crippen LogP contribution in [0.1, 0.15) is 4.88 Å². The Morgan fingerprint density at radius 1 is 1.29 bits per heavy atom. The molecule has 1 N–H and O–H groups in total. The van der Waals surface area contributed by atoms with E-state index < -0.39 is 10.0 Å². The highest BCUT2D eigenvalue weighted by molar-refractivity contribution is 9.10. The maximum Gasteiger partial charge on any atom is 0.272 e. The van der Waals surface area contributed by atoms with Crippen molar-refractivity contribution in [1.82, 2.24) is 4.98 Å². The molecule has 0 aliphatic rings. The first-order chi connectivity index (χ1) is 7.97. The normalized spacial score (nSPS) is 11.4. The maximum atomic E-state index is 11.9. The molecule has 7 heteroatoms. The average molecular weight is 333 g/mol. The molecule has 0 aliphatic carbocycles. The minimum absolute atomic E-state index is 0.291. The number of hydrogen-bond donors (Lipinski definition) is 1. The summed E-state index contributed by atoms with van der Waals surface area (Å²) in [5.74, 6) is 0.305. The van der Waals surface area contributed by atoms with Crippen molar-refractivity contribution in [1.29, 1.82) is 0 Å². The van der Waals surface area contributed by atoms with E-state index in [4.69, 9.17) is 0 Å². The fourth-order valence-corrected chi connectivity index (χ4v) is 3.71. The molecule has 0 unspecified atom stereocenters. The van der Waals surface area contributed by atoms with Gasteiger partial charge in [-0.1, -0.05) is 0 Å². The zero-order valence-electron chi connectivity index (χ0n) is 8.84. The number of aryl methyl sites for hydroxylation is 1. The zero-order chi connectivity index (χ0) is 12.5. The smallest absolute Gasteiger partial charge is 0.263 e. The molecule has 0 fully saturated rings. The van der Waals surface area contributed by atoms with Gasteiger partial charge in [-0.25, -0.2) is 13.4 Å². The highest BCUT2D eigenvalue weighted by Crippen LogP contribution is 2.23. The predicted molar refractivity (Wildman–Crippen MR) is 71.8 cm³/mol. The van der Waals surface area contributed by atoms with Crippen LogP contribution in [0, 0.1) is 6.92 Å². The summed E-state index contributed by atoms with van der Waals surface area (Å²) in [5, 5.41) is 0. The minimum atomic E-state index is -3.51. The Morgan fingerprint density at radius 2 is 2.06 bits per heavy atom. The highest BCUT2D eigenvalue weighted by Gasteiger charge is 2.16. The van der Waals surface area contributed by atoms with Crippen LogP contribution in [0.25, 0.3) is 0 Å². The summed E-state index contributed by atoms with van der Waals surface area (Å²) in [6.07, 6.45) is 1.54. The van der Waals surface area contributed by atoms with Crippen LogP contribution in [0.2, 0.25) is 0 Å². The van der Waals surface area contributed by atoms with Gasteiger partial charge >= 0.3 is 0 Å². The molecule has 0 aliphatic heterocycles. The highest BCUT2D eigenvalue weighted by atomic mass is 79.9. The van der Waals surface area contributed by atoms with E-state index in [9.17, 15) is 8.42 Å². The van der Waals surface area contributed by atoms with Gasteiger partial charge in [-0.15, -0.1) is 11.3 Å². The molecule has 2 rings (SSSR count). The van der Waals surface area contributed by atoms with Gasteiger partial charge < -0.3 is 0 Å². The standard InChI is InChI=1S/C10H9BrN2O2S2/c1-7-2-5-10(16-7)17(14,15)13-9-4-3-8(11)6-12-9/h2-6H,1H3,(H,12,13). The van der Waals surface area contributed by atoms with Crippen LogP contribution in [-0.2, 0) is 10.0 Å². The Labute approximate surface area is 112 Å². The number of pyridine rings is 1. The fraction of sp³-hybridized carbons (Fsp3) is 0.100. The summed E-state index contributed by atoms with van der Waals surface area (Å²) < 4.78 is 27.4. The zero-order valence-corrected chi connectivity index (χ0v) is 12.1. The van der Waals surface area contributed by atoms with Gasteiger partial charge in [0.15, 0.2) is 0 Å². The number of anilines is 1. The number of rotatable bonds is 3. The Balaban J connectivity index is 2.26. The summed E-state index contributed by atoms with van der Waals surface area (Å²) >= 11 is 4.47. The molecule has 90 valence electrons. The van der Waals surface area contributed by atoms with E-state index >= 15 is 0 Å². The van der Waals surface area contributed by atoms with Gasteiger partial charge in [-0.3, -0.25) is 4.72 Å². The van der Waals surface area contributed by atoms with Crippen molar-refractivity contribution in [3.63, 3.8) is 0 Å². The molecule has 4 nitrogen and oxygen atoms in total. The van der Waals surface area contributed by atoms with Crippen LogP contribution in [0.3, 0.4) is 0 Å². The molecule has 2 aromatic rings. The second kappa shape index (κ2) is 4.75. The first-order valence-corrected chi connectivity index (χ1v) is 7.77. The van der Waals surface area contributed by atoms with Crippen LogP contribution < -0.4 is 4.72 Å². The number of aromatic nitrogens is 1. The topological polar surface area (TPSA) is 59.1 Å². The van der Waals surface area contributed by atoms with Gasteiger partial charge in [0.2, 0.25) is 0 Å². The van der Waals surface area contributed by atoms with E-state index in [0.29, 0.717) is 10.0 Å². The third kappa shape index (κ3) is 3.05. The summed E-state index contributed by atoms with van der Waals surface area (Å²) in [7, 11) is -3.51. The fourth-order valence-electron chi connectivity index (χ4n) is 1.18. The monoisotopic (exact) mass is 332 g/mol. The molecule has 0 atom stereocenters. The number of halogens is 1. The number of nitrogens with one attached hydrogen (secondary N) is 1. The van der Waals surface area contributed by atoms with Crippen molar-refractivity contribution in [3.8, 4) is 0 Å². The second-order valence-corrected chi connectivity index (χ2v) is 7.45. The van der Waals surface area contributed by atoms with Crippen molar-refractivity contribution < 1.29 is 8.42 Å². The Hall–Kier alpha value is -0.920. The summed E-state index contributed by atoms with van der Waals surface area (Å²) in [5.41, 5.74) is 0. The van der Waals surface area contributed by atoms with Crippen LogP contribution in [0.15, 0.2) is 39.1 Å². The van der Waals surface area contributed by atoms with E-state index in [1.165, 1.54) is 17.5 Å². The minimum Gasteiger partial charge on any atom is -0.263 e. The van der Waals surface area contributed by atoms with Gasteiger partial charge in [-0.2, -0.15) is 0 Å². The molecular formula is C10H9BrN2O2S2. The van der Waals surface area contributed by atoms with E-state index in [1.54, 1.807) is 24.3 Å². The number of thiophene rings is 1. The van der Waals surface area contributed by atoms with E-state index in [1.807, 2.05) is 6.92 Å². The third-order valence-corrected chi connectivity index (χ3v) is 5.26. The molecule has 0 saturated heterocycles. The Morgan fingerprint density at radius 3 is 2.59 bits per heavy atom. The summed E-state index contributed by atoms with van der Waals surface area (Å²) in [4.78, 5) is 4.92. The quantitative estimate of drug-likeness (QED) is 0.939. The molecule has 2 heterocycles. The van der Waals surface area contributed by atoms with Gasteiger partial charge in [0.05, 0.1) is 0 Å². The van der Waals surface area contributed by atoms with Crippen molar-refractivity contribution in [2.45, 2.75) is 11.1 Å². The predicted octanol–water partition coefficient (Wildman–Crippen LogP) is 3.01. The summed E-state index contributed by atoms with van der Waals surface area (Å²) in [6, 6.07) is 6.68. The van der Waals surface area contributed by atoms with Gasteiger partial charge in [0.25, 0.3) is 10.0 Å². The van der Waals surface area contributed by atoms with Crippen molar-refractivity contribution >= 4 is 43.1 Å². The van der Waals surface area contributed by atoms with Crippen LogP contribution >= 0.6 is 27.3 Å². The van der Waals surface area contributed by atoms with Crippen molar-refractivity contribution in [2.75, 3.05) is 4.72 Å². The summed E-state index contributed by atoms with van der Waals surface area (Å²) in [6.45, 7) is 1.86. The van der Waals surface area contributed by atoms with Gasteiger partial charge in [0.1, 0.15) is 10.0 Å². The molecule has 0 spiro atoms.